The van der Waals surface area contributed by atoms with Gasteiger partial charge in [0.25, 0.3) is 10.0 Å². The van der Waals surface area contributed by atoms with E-state index in [-0.39, 0.29) is 16.7 Å². The molecule has 0 atom stereocenters. The summed E-state index contributed by atoms with van der Waals surface area (Å²) >= 11 is 1.37. The van der Waals surface area contributed by atoms with Crippen LogP contribution in [0, 0.1) is 5.92 Å². The van der Waals surface area contributed by atoms with Crippen LogP contribution in [0.4, 0.5) is 10.1 Å². The van der Waals surface area contributed by atoms with Gasteiger partial charge in [0, 0.05) is 17.4 Å². The summed E-state index contributed by atoms with van der Waals surface area (Å²) in [5, 5.41) is 3.18. The number of nitrogens with zero attached hydrogens (tertiary/aromatic N) is 1. The summed E-state index contributed by atoms with van der Waals surface area (Å²) in [6, 6.07) is 5.99. The van der Waals surface area contributed by atoms with Crippen LogP contribution < -0.4 is 10.0 Å². The molecule has 1 aliphatic heterocycles. The number of alkyl halides is 1. The molecule has 2 N–H and O–H groups in total. The number of rotatable bonds is 4. The van der Waals surface area contributed by atoms with E-state index in [0.29, 0.717) is 43.1 Å². The van der Waals surface area contributed by atoms with Crippen molar-refractivity contribution in [1.29, 1.82) is 0 Å². The number of amides is 1. The summed E-state index contributed by atoms with van der Waals surface area (Å²) in [5.74, 6) is 0.444. The van der Waals surface area contributed by atoms with Crippen LogP contribution in [-0.2, 0) is 14.8 Å². The second-order valence-corrected chi connectivity index (χ2v) is 8.87. The summed E-state index contributed by atoms with van der Waals surface area (Å²) in [5.41, 5.74) is 0.527. The first kappa shape index (κ1) is 18.2. The Bertz CT molecular complexity index is 757. The molecule has 0 bridgehead atoms. The smallest absolute Gasteiger partial charge is 0.263 e. The lowest BCUT2D eigenvalue weighted by Gasteiger charge is -2.23. The summed E-state index contributed by atoms with van der Waals surface area (Å²) in [6.45, 7) is 0.609. The molecule has 0 spiro atoms. The van der Waals surface area contributed by atoms with Crippen molar-refractivity contribution in [1.82, 2.24) is 4.72 Å². The molecule has 2 aliphatic rings. The Morgan fingerprint density at radius 1 is 1.16 bits per heavy atom. The zero-order chi connectivity index (χ0) is 17.9. The highest BCUT2D eigenvalue weighted by molar-refractivity contribution is 8.15. The molecule has 1 aromatic carbocycles. The molecule has 1 aromatic rings. The molecule has 0 radical (unpaired) electrons. The van der Waals surface area contributed by atoms with Crippen molar-refractivity contribution in [3.05, 3.63) is 24.3 Å². The molecule has 0 unspecified atom stereocenters. The number of thioether (sulfide) groups is 1. The zero-order valence-electron chi connectivity index (χ0n) is 13.6. The molecular weight excluding hydrogens is 365 g/mol. The third-order valence-corrected chi connectivity index (χ3v) is 6.64. The van der Waals surface area contributed by atoms with Crippen molar-refractivity contribution in [2.75, 3.05) is 17.6 Å². The Kier molecular flexibility index (Phi) is 5.63. The Labute approximate surface area is 150 Å². The van der Waals surface area contributed by atoms with Crippen molar-refractivity contribution >= 4 is 38.5 Å². The molecule has 1 saturated carbocycles. The second-order valence-electron chi connectivity index (χ2n) is 6.10. The van der Waals surface area contributed by atoms with Gasteiger partial charge in [-0.1, -0.05) is 11.8 Å². The number of halogens is 1. The van der Waals surface area contributed by atoms with Crippen LogP contribution in [0.1, 0.15) is 25.7 Å². The van der Waals surface area contributed by atoms with Gasteiger partial charge in [-0.2, -0.15) is 0 Å². The molecule has 0 saturated heterocycles. The van der Waals surface area contributed by atoms with E-state index < -0.39 is 16.2 Å². The van der Waals surface area contributed by atoms with Gasteiger partial charge in [-0.25, -0.2) is 12.8 Å². The maximum atomic E-state index is 13.1. The van der Waals surface area contributed by atoms with Gasteiger partial charge in [0.05, 0.1) is 11.4 Å². The summed E-state index contributed by atoms with van der Waals surface area (Å²) in [7, 11) is -3.67. The zero-order valence-corrected chi connectivity index (χ0v) is 15.2. The predicted molar refractivity (Wildman–Crippen MR) is 97.0 cm³/mol. The molecule has 6 nitrogen and oxygen atoms in total. The maximum Gasteiger partial charge on any atom is 0.263 e. The fraction of sp³-hybridized carbons (Fsp3) is 0.500. The lowest BCUT2D eigenvalue weighted by atomic mass is 9.87. The summed E-state index contributed by atoms with van der Waals surface area (Å²) in [6.07, 6.45) is 1.13. The van der Waals surface area contributed by atoms with Crippen molar-refractivity contribution < 1.29 is 17.6 Å². The van der Waals surface area contributed by atoms with E-state index in [0.717, 1.165) is 5.75 Å². The lowest BCUT2D eigenvalue weighted by molar-refractivity contribution is -0.121. The molecule has 1 heterocycles. The topological polar surface area (TPSA) is 87.6 Å². The second kappa shape index (κ2) is 7.74. The SMILES string of the molecule is O=C(Nc1ccc(S(=O)(=O)NC2=NCCS2)cc1)C1CCC(F)CC1. The number of benzene rings is 1. The first-order chi connectivity index (χ1) is 11.9. The van der Waals surface area contributed by atoms with Gasteiger partial charge in [0.2, 0.25) is 5.91 Å². The number of hydrogen-bond acceptors (Lipinski definition) is 5. The van der Waals surface area contributed by atoms with Crippen LogP contribution in [0.2, 0.25) is 0 Å². The van der Waals surface area contributed by atoms with Crippen LogP contribution in [0.25, 0.3) is 0 Å². The quantitative estimate of drug-likeness (QED) is 0.834. The van der Waals surface area contributed by atoms with Crippen molar-refractivity contribution in [2.45, 2.75) is 36.8 Å². The van der Waals surface area contributed by atoms with Crippen LogP contribution in [-0.4, -0.2) is 38.0 Å². The molecule has 1 amide bonds. The molecule has 1 fully saturated rings. The standard InChI is InChI=1S/C16H20FN3O3S2/c17-12-3-1-11(2-4-12)15(21)19-13-5-7-14(8-6-13)25(22,23)20-16-18-9-10-24-16/h5-8,11-12H,1-4,9-10H2,(H,18,20)(H,19,21). The van der Waals surface area contributed by atoms with Crippen molar-refractivity contribution in [3.8, 4) is 0 Å². The monoisotopic (exact) mass is 385 g/mol. The lowest BCUT2D eigenvalue weighted by Crippen LogP contribution is -2.28. The molecule has 25 heavy (non-hydrogen) atoms. The van der Waals surface area contributed by atoms with Gasteiger partial charge in [-0.15, -0.1) is 0 Å². The fourth-order valence-corrected chi connectivity index (χ4v) is 4.88. The maximum absolute atomic E-state index is 13.1. The fourth-order valence-electron chi connectivity index (χ4n) is 2.85. The van der Waals surface area contributed by atoms with Crippen molar-refractivity contribution in [2.24, 2.45) is 10.9 Å². The Morgan fingerprint density at radius 3 is 2.44 bits per heavy atom. The molecular formula is C16H20FN3O3S2. The number of nitrogens with one attached hydrogen (secondary N) is 2. The first-order valence-electron chi connectivity index (χ1n) is 8.19. The largest absolute Gasteiger partial charge is 0.326 e. The van der Waals surface area contributed by atoms with Crippen LogP contribution in [0.15, 0.2) is 34.2 Å². The minimum Gasteiger partial charge on any atom is -0.326 e. The van der Waals surface area contributed by atoms with Gasteiger partial charge in [0.15, 0.2) is 5.17 Å². The predicted octanol–water partition coefficient (Wildman–Crippen LogP) is 2.53. The highest BCUT2D eigenvalue weighted by Crippen LogP contribution is 2.27. The average Bonchev–Trinajstić information content (AvgIpc) is 3.08. The van der Waals surface area contributed by atoms with E-state index in [2.05, 4.69) is 15.0 Å². The van der Waals surface area contributed by atoms with E-state index in [1.807, 2.05) is 0 Å². The van der Waals surface area contributed by atoms with E-state index in [1.54, 1.807) is 12.1 Å². The van der Waals surface area contributed by atoms with E-state index >= 15 is 0 Å². The third kappa shape index (κ3) is 4.72. The number of carbonyl (C=O) groups excluding carboxylic acids is 1. The third-order valence-electron chi connectivity index (χ3n) is 4.27. The Morgan fingerprint density at radius 2 is 1.84 bits per heavy atom. The molecule has 136 valence electrons. The van der Waals surface area contributed by atoms with Gasteiger partial charge >= 0.3 is 0 Å². The normalized spacial score (nSPS) is 23.8. The number of anilines is 1. The average molecular weight is 385 g/mol. The number of hydrogen-bond donors (Lipinski definition) is 2. The number of aliphatic imine (C=N–C) groups is 1. The van der Waals surface area contributed by atoms with Crippen LogP contribution >= 0.6 is 11.8 Å². The highest BCUT2D eigenvalue weighted by atomic mass is 32.2. The van der Waals surface area contributed by atoms with Crippen molar-refractivity contribution in [3.63, 3.8) is 0 Å². The number of amidine groups is 1. The molecule has 3 rings (SSSR count). The van der Waals surface area contributed by atoms with Crippen LogP contribution in [0.3, 0.4) is 0 Å². The first-order valence-corrected chi connectivity index (χ1v) is 10.7. The number of sulfonamides is 1. The Hall–Kier alpha value is -1.61. The Balaban J connectivity index is 1.61. The number of carbonyl (C=O) groups is 1. The van der Waals surface area contributed by atoms with Gasteiger partial charge < -0.3 is 5.32 Å². The van der Waals surface area contributed by atoms with Gasteiger partial charge in [-0.3, -0.25) is 14.5 Å². The van der Waals surface area contributed by atoms with E-state index in [4.69, 9.17) is 0 Å². The molecule has 1 aliphatic carbocycles. The van der Waals surface area contributed by atoms with E-state index in [9.17, 15) is 17.6 Å². The van der Waals surface area contributed by atoms with Crippen LogP contribution in [0.5, 0.6) is 0 Å². The minimum atomic E-state index is -3.67. The highest BCUT2D eigenvalue weighted by Gasteiger charge is 2.26. The summed E-state index contributed by atoms with van der Waals surface area (Å²) < 4.78 is 40.1. The minimum absolute atomic E-state index is 0.110. The van der Waals surface area contributed by atoms with E-state index in [1.165, 1.54) is 23.9 Å². The van der Waals surface area contributed by atoms with Gasteiger partial charge in [-0.05, 0) is 49.9 Å². The molecule has 9 heteroatoms. The summed E-state index contributed by atoms with van der Waals surface area (Å²) in [4.78, 5) is 16.4. The van der Waals surface area contributed by atoms with Gasteiger partial charge in [0.1, 0.15) is 6.17 Å². The molecule has 0 aromatic heterocycles.